The van der Waals surface area contributed by atoms with Gasteiger partial charge in [-0.3, -0.25) is 0 Å². The minimum Gasteiger partial charge on any atom is -0.500 e. The molecule has 4 heteroatoms. The second-order valence-corrected chi connectivity index (χ2v) is 9.23. The Morgan fingerprint density at radius 3 is 2.47 bits per heavy atom. The Balaban J connectivity index is 0.000000179. The topological polar surface area (TPSA) is 38.9 Å². The van der Waals surface area contributed by atoms with Gasteiger partial charge >= 0.3 is 0 Å². The molecule has 0 unspecified atom stereocenters. The number of fused-ring (bicyclic) bond motifs is 3. The predicted molar refractivity (Wildman–Crippen MR) is 150 cm³/mol. The molecule has 6 aromatic rings. The van der Waals surface area contributed by atoms with Crippen LogP contribution in [0.25, 0.3) is 44.5 Å². The van der Waals surface area contributed by atoms with Gasteiger partial charge in [0.05, 0.1) is 8.32 Å². The molecule has 7 rings (SSSR count). The van der Waals surface area contributed by atoms with Crippen LogP contribution in [0.3, 0.4) is 0 Å². The fourth-order valence-electron chi connectivity index (χ4n) is 4.88. The van der Waals surface area contributed by atoms with Crippen LogP contribution in [0.15, 0.2) is 102 Å². The van der Waals surface area contributed by atoms with Crippen LogP contribution in [0.2, 0.25) is 0 Å². The van der Waals surface area contributed by atoms with E-state index in [4.69, 9.17) is 11.3 Å². The van der Waals surface area contributed by atoms with Gasteiger partial charge in [0.1, 0.15) is 5.58 Å². The Kier molecular flexibility index (Phi) is 6.36. The SMILES string of the molecule is [2H]c1c(C([2H])([2H])[2H])cnc(-c2[c-]cc3oc4ccccc4c3c2)c1[2H].[Ir].[c-]1ccccc1-c1ccc(C2CCCC2)cn1. The van der Waals surface area contributed by atoms with Gasteiger partial charge in [0, 0.05) is 42.0 Å². The Morgan fingerprint density at radius 1 is 0.842 bits per heavy atom. The number of rotatable bonds is 3. The van der Waals surface area contributed by atoms with E-state index in [0.717, 1.165) is 39.7 Å². The van der Waals surface area contributed by atoms with Crippen LogP contribution in [0, 0.1) is 19.0 Å². The van der Waals surface area contributed by atoms with Crippen molar-refractivity contribution in [1.82, 2.24) is 9.97 Å². The molecule has 1 fully saturated rings. The van der Waals surface area contributed by atoms with Crippen molar-refractivity contribution in [2.75, 3.05) is 0 Å². The fraction of sp³-hybridized carbons (Fsp3) is 0.176. The Labute approximate surface area is 244 Å². The van der Waals surface area contributed by atoms with Crippen LogP contribution in [-0.4, -0.2) is 9.97 Å². The molecule has 0 spiro atoms. The zero-order valence-corrected chi connectivity index (χ0v) is 23.0. The number of hydrogen-bond donors (Lipinski definition) is 0. The molecule has 1 aliphatic carbocycles. The maximum absolute atomic E-state index is 8.14. The van der Waals surface area contributed by atoms with E-state index in [0.29, 0.717) is 11.1 Å². The molecule has 0 amide bonds. The average Bonchev–Trinajstić information content (AvgIpc) is 3.67. The van der Waals surface area contributed by atoms with Crippen molar-refractivity contribution in [3.8, 4) is 22.5 Å². The molecular formula is C34H28IrN2O-2. The van der Waals surface area contributed by atoms with E-state index in [1.165, 1.54) is 31.2 Å². The average molecular weight is 678 g/mol. The molecule has 38 heavy (non-hydrogen) atoms. The van der Waals surface area contributed by atoms with Gasteiger partial charge in [-0.25, -0.2) is 0 Å². The predicted octanol–water partition coefficient (Wildman–Crippen LogP) is 8.96. The van der Waals surface area contributed by atoms with Crippen LogP contribution >= 0.6 is 0 Å². The van der Waals surface area contributed by atoms with E-state index in [2.05, 4.69) is 40.3 Å². The fourth-order valence-corrected chi connectivity index (χ4v) is 4.88. The van der Waals surface area contributed by atoms with Crippen LogP contribution in [0.4, 0.5) is 0 Å². The third-order valence-corrected chi connectivity index (χ3v) is 6.80. The summed E-state index contributed by atoms with van der Waals surface area (Å²) in [6, 6.07) is 29.1. The van der Waals surface area contributed by atoms with Crippen molar-refractivity contribution in [2.24, 2.45) is 0 Å². The summed E-state index contributed by atoms with van der Waals surface area (Å²) in [5, 5.41) is 1.79. The number of aromatic nitrogens is 2. The van der Waals surface area contributed by atoms with E-state index in [1.54, 1.807) is 12.1 Å². The van der Waals surface area contributed by atoms with Crippen molar-refractivity contribution in [3.63, 3.8) is 0 Å². The summed E-state index contributed by atoms with van der Waals surface area (Å²) in [5.41, 5.74) is 5.44. The molecular weight excluding hydrogens is 645 g/mol. The number of furan rings is 1. The van der Waals surface area contributed by atoms with Gasteiger partial charge in [0.25, 0.3) is 0 Å². The van der Waals surface area contributed by atoms with Crippen molar-refractivity contribution < 1.29 is 31.4 Å². The molecule has 3 heterocycles. The Bertz CT molecular complexity index is 1850. The molecule has 191 valence electrons. The largest absolute Gasteiger partial charge is 0.500 e. The molecule has 3 aromatic heterocycles. The summed E-state index contributed by atoms with van der Waals surface area (Å²) in [7, 11) is 0. The van der Waals surface area contributed by atoms with Crippen LogP contribution < -0.4 is 0 Å². The molecule has 0 atom stereocenters. The quantitative estimate of drug-likeness (QED) is 0.176. The Hall–Kier alpha value is -3.59. The summed E-state index contributed by atoms with van der Waals surface area (Å²) in [4.78, 5) is 8.68. The first kappa shape index (κ1) is 20.4. The van der Waals surface area contributed by atoms with E-state index in [-0.39, 0.29) is 43.4 Å². The van der Waals surface area contributed by atoms with Gasteiger partial charge in [0.2, 0.25) is 0 Å². The summed E-state index contributed by atoms with van der Waals surface area (Å²) in [5.74, 6) is 0.747. The number of aryl methyl sites for hydroxylation is 1. The second kappa shape index (κ2) is 11.9. The first-order valence-electron chi connectivity index (χ1n) is 15.0. The monoisotopic (exact) mass is 678 g/mol. The first-order chi connectivity index (χ1) is 20.3. The summed E-state index contributed by atoms with van der Waals surface area (Å²) >= 11 is 0. The van der Waals surface area contributed by atoms with Crippen LogP contribution in [0.1, 0.15) is 49.6 Å². The molecule has 3 aromatic carbocycles. The first-order valence-corrected chi connectivity index (χ1v) is 12.5. The number of pyridine rings is 2. The van der Waals surface area contributed by atoms with Gasteiger partial charge in [-0.1, -0.05) is 60.6 Å². The normalized spacial score (nSPS) is 15.4. The number of nitrogens with zero attached hydrogens (tertiary/aromatic N) is 2. The van der Waals surface area contributed by atoms with Gasteiger partial charge in [-0.2, -0.15) is 0 Å². The van der Waals surface area contributed by atoms with E-state index >= 15 is 0 Å². The summed E-state index contributed by atoms with van der Waals surface area (Å²) in [6.45, 7) is -2.47. The number of para-hydroxylation sites is 1. The number of benzene rings is 3. The van der Waals surface area contributed by atoms with E-state index in [1.807, 2.05) is 48.7 Å². The third-order valence-electron chi connectivity index (χ3n) is 6.80. The van der Waals surface area contributed by atoms with Crippen molar-refractivity contribution >= 4 is 21.9 Å². The molecule has 1 radical (unpaired) electrons. The standard InChI is InChI=1S/C18H12NO.C16H16N.Ir/c1-12-6-8-16(19-11-12)13-7-9-18-15(10-13)14-4-2-3-5-17(14)20-18;1-2-8-14(9-3-1)16-11-10-15(12-17-16)13-6-4-5-7-13;/h2-6,8-11H,1H3;1-3,8,10-13H,4-7H2;/q2*-1;/i1D3,6D,8D;;. The summed E-state index contributed by atoms with van der Waals surface area (Å²) in [6.07, 6.45) is 8.61. The van der Waals surface area contributed by atoms with Crippen molar-refractivity contribution in [2.45, 2.75) is 38.5 Å². The zero-order valence-electron chi connectivity index (χ0n) is 25.6. The minimum atomic E-state index is -2.47. The molecule has 0 saturated heterocycles. The maximum Gasteiger partial charge on any atom is 0.120 e. The molecule has 1 saturated carbocycles. The van der Waals surface area contributed by atoms with Gasteiger partial charge in [-0.15, -0.1) is 59.7 Å². The third kappa shape index (κ3) is 5.62. The molecule has 1 aliphatic rings. The van der Waals surface area contributed by atoms with Gasteiger partial charge < -0.3 is 14.4 Å². The van der Waals surface area contributed by atoms with E-state index < -0.39 is 6.85 Å². The second-order valence-electron chi connectivity index (χ2n) is 9.23. The van der Waals surface area contributed by atoms with Gasteiger partial charge in [0.15, 0.2) is 0 Å². The Morgan fingerprint density at radius 2 is 1.68 bits per heavy atom. The van der Waals surface area contributed by atoms with Crippen LogP contribution in [0.5, 0.6) is 0 Å². The van der Waals surface area contributed by atoms with E-state index in [9.17, 15) is 0 Å². The maximum atomic E-state index is 8.14. The zero-order chi connectivity index (χ0) is 29.3. The summed E-state index contributed by atoms with van der Waals surface area (Å²) < 4.78 is 44.2. The smallest absolute Gasteiger partial charge is 0.120 e. The van der Waals surface area contributed by atoms with Crippen LogP contribution in [-0.2, 0) is 20.1 Å². The van der Waals surface area contributed by atoms with Crippen molar-refractivity contribution in [1.29, 1.82) is 0 Å². The molecule has 0 N–H and O–H groups in total. The van der Waals surface area contributed by atoms with Gasteiger partial charge in [-0.05, 0) is 54.2 Å². The molecule has 0 bridgehead atoms. The molecule has 3 nitrogen and oxygen atoms in total. The van der Waals surface area contributed by atoms with Crippen molar-refractivity contribution in [3.05, 3.63) is 121 Å². The number of hydrogen-bond acceptors (Lipinski definition) is 3. The molecule has 0 aliphatic heterocycles. The minimum absolute atomic E-state index is 0.